The lowest BCUT2D eigenvalue weighted by molar-refractivity contribution is 0.318. The summed E-state index contributed by atoms with van der Waals surface area (Å²) in [7, 11) is 0. The highest BCUT2D eigenvalue weighted by Crippen LogP contribution is 2.25. The topological polar surface area (TPSA) is 87.6 Å². The molecular weight excluding hydrogens is 254 g/mol. The second-order valence-electron chi connectivity index (χ2n) is 5.26. The summed E-state index contributed by atoms with van der Waals surface area (Å²) < 4.78 is 0. The highest BCUT2D eigenvalue weighted by molar-refractivity contribution is 5.95. The van der Waals surface area contributed by atoms with Gasteiger partial charge in [-0.25, -0.2) is 9.97 Å². The third kappa shape index (κ3) is 3.18. The van der Waals surface area contributed by atoms with Gasteiger partial charge in [-0.05, 0) is 32.8 Å². The number of anilines is 1. The molecule has 3 N–H and O–H groups in total. The van der Waals surface area contributed by atoms with Crippen molar-refractivity contribution in [1.29, 1.82) is 0 Å². The number of oxime groups is 1. The molecule has 1 aromatic rings. The molecule has 0 aliphatic heterocycles. The van der Waals surface area contributed by atoms with Crippen molar-refractivity contribution >= 4 is 11.8 Å². The van der Waals surface area contributed by atoms with Gasteiger partial charge in [0, 0.05) is 18.3 Å². The van der Waals surface area contributed by atoms with Gasteiger partial charge in [-0.3, -0.25) is 0 Å². The Kier molecular flexibility index (Phi) is 4.76. The van der Waals surface area contributed by atoms with Crippen molar-refractivity contribution in [3.63, 3.8) is 0 Å². The van der Waals surface area contributed by atoms with Crippen molar-refractivity contribution in [2.45, 2.75) is 52.0 Å². The standard InChI is InChI=1S/C14H23N5O/c1-3-19(11-7-5-4-6-8-11)14-16-10(2)9-12(17-14)13(15)18-20/h9,11,20H,3-8H2,1-2H3,(H2,15,18). The van der Waals surface area contributed by atoms with Crippen LogP contribution < -0.4 is 10.6 Å². The Bertz CT molecular complexity index is 482. The summed E-state index contributed by atoms with van der Waals surface area (Å²) in [6.07, 6.45) is 6.21. The molecule has 0 aromatic carbocycles. The Morgan fingerprint density at radius 1 is 1.40 bits per heavy atom. The van der Waals surface area contributed by atoms with Gasteiger partial charge in [0.15, 0.2) is 5.84 Å². The smallest absolute Gasteiger partial charge is 0.226 e. The van der Waals surface area contributed by atoms with E-state index in [2.05, 4.69) is 26.9 Å². The Balaban J connectivity index is 2.31. The minimum atomic E-state index is 0.0245. The van der Waals surface area contributed by atoms with E-state index in [0.29, 0.717) is 17.7 Å². The van der Waals surface area contributed by atoms with E-state index >= 15 is 0 Å². The lowest BCUT2D eigenvalue weighted by atomic mass is 9.94. The average molecular weight is 277 g/mol. The average Bonchev–Trinajstić information content (AvgIpc) is 2.48. The molecule has 1 saturated carbocycles. The predicted octanol–water partition coefficient (Wildman–Crippen LogP) is 2.04. The van der Waals surface area contributed by atoms with Crippen LogP contribution in [-0.2, 0) is 0 Å². The van der Waals surface area contributed by atoms with Crippen molar-refractivity contribution in [2.75, 3.05) is 11.4 Å². The zero-order chi connectivity index (χ0) is 14.5. The van der Waals surface area contributed by atoms with Crippen molar-refractivity contribution in [3.8, 4) is 0 Å². The molecular formula is C14H23N5O. The van der Waals surface area contributed by atoms with Crippen molar-refractivity contribution in [2.24, 2.45) is 10.9 Å². The SMILES string of the molecule is CCN(c1nc(C)cc(/C(N)=N/O)n1)C1CCCCC1. The van der Waals surface area contributed by atoms with Gasteiger partial charge in [-0.2, -0.15) is 0 Å². The van der Waals surface area contributed by atoms with Gasteiger partial charge in [0.1, 0.15) is 5.69 Å². The van der Waals surface area contributed by atoms with Gasteiger partial charge < -0.3 is 15.8 Å². The minimum absolute atomic E-state index is 0.0245. The molecule has 0 spiro atoms. The van der Waals surface area contributed by atoms with Crippen LogP contribution in [0.1, 0.15) is 50.4 Å². The van der Waals surface area contributed by atoms with E-state index in [9.17, 15) is 0 Å². The maximum absolute atomic E-state index is 8.80. The first-order valence-electron chi connectivity index (χ1n) is 7.26. The molecule has 0 unspecified atom stereocenters. The van der Waals surface area contributed by atoms with E-state index in [0.717, 1.165) is 12.2 Å². The Hall–Kier alpha value is -1.85. The summed E-state index contributed by atoms with van der Waals surface area (Å²) in [5.74, 6) is 0.706. The molecule has 110 valence electrons. The van der Waals surface area contributed by atoms with Gasteiger partial charge in [-0.1, -0.05) is 24.4 Å². The first-order chi connectivity index (χ1) is 9.65. The van der Waals surface area contributed by atoms with Gasteiger partial charge in [0.2, 0.25) is 5.95 Å². The second-order valence-corrected chi connectivity index (χ2v) is 5.26. The molecule has 0 amide bonds. The van der Waals surface area contributed by atoms with Gasteiger partial charge in [0.25, 0.3) is 0 Å². The Morgan fingerprint density at radius 3 is 2.70 bits per heavy atom. The van der Waals surface area contributed by atoms with Gasteiger partial charge in [0.05, 0.1) is 0 Å². The fourth-order valence-electron chi connectivity index (χ4n) is 2.82. The molecule has 1 aliphatic carbocycles. The summed E-state index contributed by atoms with van der Waals surface area (Å²) in [4.78, 5) is 11.2. The maximum Gasteiger partial charge on any atom is 0.226 e. The fourth-order valence-corrected chi connectivity index (χ4v) is 2.82. The van der Waals surface area contributed by atoms with Gasteiger partial charge >= 0.3 is 0 Å². The quantitative estimate of drug-likeness (QED) is 0.380. The lowest BCUT2D eigenvalue weighted by Gasteiger charge is -2.33. The molecule has 2 rings (SSSR count). The summed E-state index contributed by atoms with van der Waals surface area (Å²) in [5, 5.41) is 11.8. The van der Waals surface area contributed by atoms with Crippen molar-refractivity contribution in [1.82, 2.24) is 9.97 Å². The normalized spacial score (nSPS) is 17.2. The fraction of sp³-hybridized carbons (Fsp3) is 0.643. The largest absolute Gasteiger partial charge is 0.409 e. The third-order valence-electron chi connectivity index (χ3n) is 3.83. The third-order valence-corrected chi connectivity index (χ3v) is 3.83. The monoisotopic (exact) mass is 277 g/mol. The van der Waals surface area contributed by atoms with E-state index in [4.69, 9.17) is 10.9 Å². The van der Waals surface area contributed by atoms with Crippen LogP contribution in [0.4, 0.5) is 5.95 Å². The number of amidine groups is 1. The van der Waals surface area contributed by atoms with Gasteiger partial charge in [-0.15, -0.1) is 0 Å². The van der Waals surface area contributed by atoms with E-state index in [1.54, 1.807) is 6.07 Å². The number of nitrogens with two attached hydrogens (primary N) is 1. The number of nitrogens with zero attached hydrogens (tertiary/aromatic N) is 4. The van der Waals surface area contributed by atoms with Crippen LogP contribution in [0.2, 0.25) is 0 Å². The van der Waals surface area contributed by atoms with Crippen LogP contribution >= 0.6 is 0 Å². The predicted molar refractivity (Wildman–Crippen MR) is 79.2 cm³/mol. The van der Waals surface area contributed by atoms with Crippen LogP contribution in [-0.4, -0.2) is 33.6 Å². The summed E-state index contributed by atoms with van der Waals surface area (Å²) in [5.41, 5.74) is 6.94. The summed E-state index contributed by atoms with van der Waals surface area (Å²) in [6, 6.07) is 2.23. The Morgan fingerprint density at radius 2 is 2.10 bits per heavy atom. The number of rotatable bonds is 4. The van der Waals surface area contributed by atoms with Crippen LogP contribution in [0.3, 0.4) is 0 Å². The van der Waals surface area contributed by atoms with Crippen LogP contribution in [0.15, 0.2) is 11.2 Å². The zero-order valence-corrected chi connectivity index (χ0v) is 12.2. The highest BCUT2D eigenvalue weighted by atomic mass is 16.4. The van der Waals surface area contributed by atoms with E-state index in [-0.39, 0.29) is 5.84 Å². The van der Waals surface area contributed by atoms with E-state index in [1.807, 2.05) is 6.92 Å². The molecule has 1 aliphatic rings. The first kappa shape index (κ1) is 14.6. The van der Waals surface area contributed by atoms with Crippen molar-refractivity contribution in [3.05, 3.63) is 17.5 Å². The minimum Gasteiger partial charge on any atom is -0.409 e. The molecule has 20 heavy (non-hydrogen) atoms. The maximum atomic E-state index is 8.80. The van der Waals surface area contributed by atoms with Crippen LogP contribution in [0.25, 0.3) is 0 Å². The summed E-state index contributed by atoms with van der Waals surface area (Å²) in [6.45, 7) is 4.88. The molecule has 6 heteroatoms. The first-order valence-corrected chi connectivity index (χ1v) is 7.26. The molecule has 0 radical (unpaired) electrons. The number of hydrogen-bond donors (Lipinski definition) is 2. The Labute approximate surface area is 119 Å². The van der Waals surface area contributed by atoms with Crippen LogP contribution in [0, 0.1) is 6.92 Å². The van der Waals surface area contributed by atoms with Crippen molar-refractivity contribution < 1.29 is 5.21 Å². The molecule has 1 fully saturated rings. The second kappa shape index (κ2) is 6.54. The molecule has 0 saturated heterocycles. The van der Waals surface area contributed by atoms with E-state index < -0.39 is 0 Å². The molecule has 1 heterocycles. The van der Waals surface area contributed by atoms with E-state index in [1.165, 1.54) is 32.1 Å². The molecule has 1 aromatic heterocycles. The zero-order valence-electron chi connectivity index (χ0n) is 12.2. The number of aryl methyl sites for hydroxylation is 1. The number of aromatic nitrogens is 2. The molecule has 6 nitrogen and oxygen atoms in total. The highest BCUT2D eigenvalue weighted by Gasteiger charge is 2.22. The molecule has 0 bridgehead atoms. The lowest BCUT2D eigenvalue weighted by Crippen LogP contribution is -2.38. The number of hydrogen-bond acceptors (Lipinski definition) is 5. The molecule has 0 atom stereocenters. The summed E-state index contributed by atoms with van der Waals surface area (Å²) >= 11 is 0. The van der Waals surface area contributed by atoms with Crippen LogP contribution in [0.5, 0.6) is 0 Å².